The van der Waals surface area contributed by atoms with E-state index in [1.54, 1.807) is 0 Å². The minimum atomic E-state index is 0.443. The Morgan fingerprint density at radius 2 is 2.19 bits per heavy atom. The third kappa shape index (κ3) is 2.56. The lowest BCUT2D eigenvalue weighted by Gasteiger charge is -2.23. The van der Waals surface area contributed by atoms with Crippen molar-refractivity contribution in [2.24, 2.45) is 5.92 Å². The van der Waals surface area contributed by atoms with Crippen LogP contribution in [0, 0.1) is 19.8 Å². The Hall–Kier alpha value is -1.02. The van der Waals surface area contributed by atoms with Crippen LogP contribution in [0.5, 0.6) is 5.75 Å². The molecule has 0 aliphatic carbocycles. The van der Waals surface area contributed by atoms with Gasteiger partial charge in [-0.15, -0.1) is 0 Å². The summed E-state index contributed by atoms with van der Waals surface area (Å²) in [5, 5.41) is 13.2. The number of phenols is 1. The van der Waals surface area contributed by atoms with E-state index < -0.39 is 0 Å². The molecule has 1 aliphatic heterocycles. The second-order valence-electron chi connectivity index (χ2n) is 4.97. The first-order valence-electron chi connectivity index (χ1n) is 6.16. The number of aryl methyl sites for hydroxylation is 1. The van der Waals surface area contributed by atoms with E-state index in [0.717, 1.165) is 31.0 Å². The molecule has 2 N–H and O–H groups in total. The monoisotopic (exact) mass is 219 g/mol. The molecule has 88 valence electrons. The number of nitrogens with one attached hydrogen (secondary N) is 1. The van der Waals surface area contributed by atoms with Gasteiger partial charge in [-0.3, -0.25) is 0 Å². The van der Waals surface area contributed by atoms with E-state index in [-0.39, 0.29) is 0 Å². The summed E-state index contributed by atoms with van der Waals surface area (Å²) in [6, 6.07) is 4.14. The summed E-state index contributed by atoms with van der Waals surface area (Å²) >= 11 is 0. The Kier molecular flexibility index (Phi) is 3.49. The van der Waals surface area contributed by atoms with Crippen LogP contribution in [0.1, 0.15) is 29.5 Å². The Labute approximate surface area is 97.7 Å². The van der Waals surface area contributed by atoms with Crippen LogP contribution in [0.15, 0.2) is 12.1 Å². The topological polar surface area (TPSA) is 32.3 Å². The van der Waals surface area contributed by atoms with Crippen molar-refractivity contribution in [3.63, 3.8) is 0 Å². The van der Waals surface area contributed by atoms with Gasteiger partial charge in [-0.1, -0.05) is 6.07 Å². The molecule has 16 heavy (non-hydrogen) atoms. The van der Waals surface area contributed by atoms with Crippen LogP contribution in [0.4, 0.5) is 0 Å². The molecule has 0 amide bonds. The summed E-state index contributed by atoms with van der Waals surface area (Å²) in [5.41, 5.74) is 3.47. The maximum absolute atomic E-state index is 9.79. The van der Waals surface area contributed by atoms with Crippen molar-refractivity contribution in [3.05, 3.63) is 28.8 Å². The number of rotatable bonds is 2. The van der Waals surface area contributed by atoms with Gasteiger partial charge in [0.2, 0.25) is 0 Å². The average Bonchev–Trinajstić information content (AvgIpc) is 2.27. The van der Waals surface area contributed by atoms with Gasteiger partial charge in [-0.25, -0.2) is 0 Å². The van der Waals surface area contributed by atoms with Crippen molar-refractivity contribution in [3.8, 4) is 5.75 Å². The van der Waals surface area contributed by atoms with Crippen molar-refractivity contribution in [1.29, 1.82) is 0 Å². The van der Waals surface area contributed by atoms with E-state index in [4.69, 9.17) is 0 Å². The lowest BCUT2D eigenvalue weighted by molar-refractivity contribution is 0.375. The smallest absolute Gasteiger partial charge is 0.119 e. The zero-order valence-corrected chi connectivity index (χ0v) is 10.2. The molecule has 1 aliphatic rings. The number of hydrogen-bond acceptors (Lipinski definition) is 2. The lowest BCUT2D eigenvalue weighted by Crippen LogP contribution is -2.30. The minimum Gasteiger partial charge on any atom is -0.508 e. The molecule has 0 aromatic heterocycles. The summed E-state index contributed by atoms with van der Waals surface area (Å²) in [6.07, 6.45) is 3.67. The largest absolute Gasteiger partial charge is 0.508 e. The van der Waals surface area contributed by atoms with E-state index in [9.17, 15) is 5.11 Å². The van der Waals surface area contributed by atoms with Crippen molar-refractivity contribution in [2.75, 3.05) is 13.1 Å². The van der Waals surface area contributed by atoms with Crippen LogP contribution in [-0.2, 0) is 6.42 Å². The molecule has 1 fully saturated rings. The molecule has 1 atom stereocenters. The molecule has 1 unspecified atom stereocenters. The molecule has 2 heteroatoms. The number of aromatic hydroxyl groups is 1. The Morgan fingerprint density at radius 1 is 1.38 bits per heavy atom. The highest BCUT2D eigenvalue weighted by molar-refractivity contribution is 5.41. The summed E-state index contributed by atoms with van der Waals surface area (Å²) < 4.78 is 0. The van der Waals surface area contributed by atoms with Crippen LogP contribution in [0.3, 0.4) is 0 Å². The summed E-state index contributed by atoms with van der Waals surface area (Å²) in [7, 11) is 0. The second kappa shape index (κ2) is 4.88. The molecular weight excluding hydrogens is 198 g/mol. The van der Waals surface area contributed by atoms with E-state index >= 15 is 0 Å². The first-order valence-corrected chi connectivity index (χ1v) is 6.16. The highest BCUT2D eigenvalue weighted by Gasteiger charge is 2.14. The van der Waals surface area contributed by atoms with Crippen molar-refractivity contribution in [2.45, 2.75) is 33.1 Å². The molecule has 0 bridgehead atoms. The third-order valence-corrected chi connectivity index (χ3v) is 3.62. The fraction of sp³-hybridized carbons (Fsp3) is 0.571. The maximum atomic E-state index is 9.79. The fourth-order valence-corrected chi connectivity index (χ4v) is 2.46. The molecular formula is C14H21NO. The fourth-order valence-electron chi connectivity index (χ4n) is 2.46. The quantitative estimate of drug-likeness (QED) is 0.801. The molecule has 2 nitrogen and oxygen atoms in total. The van der Waals surface area contributed by atoms with Gasteiger partial charge in [0.05, 0.1) is 0 Å². The van der Waals surface area contributed by atoms with Crippen molar-refractivity contribution < 1.29 is 5.11 Å². The zero-order valence-electron chi connectivity index (χ0n) is 10.2. The molecule has 1 aromatic rings. The zero-order chi connectivity index (χ0) is 11.5. The molecule has 1 saturated heterocycles. The molecule has 1 aromatic carbocycles. The Bertz CT molecular complexity index is 344. The van der Waals surface area contributed by atoms with Gasteiger partial charge in [0.1, 0.15) is 5.75 Å². The second-order valence-corrected chi connectivity index (χ2v) is 4.97. The first kappa shape index (κ1) is 11.5. The van der Waals surface area contributed by atoms with Crippen LogP contribution in [-0.4, -0.2) is 18.2 Å². The highest BCUT2D eigenvalue weighted by Crippen LogP contribution is 2.25. The molecule has 1 heterocycles. The van der Waals surface area contributed by atoms with E-state index in [0.29, 0.717) is 5.75 Å². The standard InChI is InChI=1S/C14H21NO/c1-10-6-13(8-14(16)11(10)2)7-12-4-3-5-15-9-12/h6,8,12,15-16H,3-5,7,9H2,1-2H3. The maximum Gasteiger partial charge on any atom is 0.119 e. The van der Waals surface area contributed by atoms with E-state index in [1.165, 1.54) is 24.0 Å². The Balaban J connectivity index is 2.09. The predicted molar refractivity (Wildman–Crippen MR) is 66.9 cm³/mol. The van der Waals surface area contributed by atoms with Crippen LogP contribution in [0.25, 0.3) is 0 Å². The normalized spacial score (nSPS) is 21.0. The number of piperidine rings is 1. The van der Waals surface area contributed by atoms with Crippen LogP contribution in [0.2, 0.25) is 0 Å². The van der Waals surface area contributed by atoms with Gasteiger partial charge in [0.25, 0.3) is 0 Å². The van der Waals surface area contributed by atoms with Crippen molar-refractivity contribution >= 4 is 0 Å². The Morgan fingerprint density at radius 3 is 2.81 bits per heavy atom. The van der Waals surface area contributed by atoms with Gasteiger partial charge >= 0.3 is 0 Å². The summed E-state index contributed by atoms with van der Waals surface area (Å²) in [6.45, 7) is 6.32. The number of benzene rings is 1. The molecule has 0 radical (unpaired) electrons. The number of phenolic OH excluding ortho intramolecular Hbond substituents is 1. The van der Waals surface area contributed by atoms with Crippen LogP contribution < -0.4 is 5.32 Å². The third-order valence-electron chi connectivity index (χ3n) is 3.62. The number of hydrogen-bond donors (Lipinski definition) is 2. The predicted octanol–water partition coefficient (Wildman–Crippen LogP) is 2.55. The summed E-state index contributed by atoms with van der Waals surface area (Å²) in [5.74, 6) is 1.18. The van der Waals surface area contributed by atoms with Gasteiger partial charge < -0.3 is 10.4 Å². The van der Waals surface area contributed by atoms with E-state index in [1.807, 2.05) is 13.0 Å². The average molecular weight is 219 g/mol. The summed E-state index contributed by atoms with van der Waals surface area (Å²) in [4.78, 5) is 0. The van der Waals surface area contributed by atoms with E-state index in [2.05, 4.69) is 18.3 Å². The molecule has 2 rings (SSSR count). The lowest BCUT2D eigenvalue weighted by atomic mass is 9.91. The van der Waals surface area contributed by atoms with Gasteiger partial charge in [0, 0.05) is 0 Å². The van der Waals surface area contributed by atoms with Gasteiger partial charge in [-0.05, 0) is 74.9 Å². The van der Waals surface area contributed by atoms with Crippen molar-refractivity contribution in [1.82, 2.24) is 5.32 Å². The van der Waals surface area contributed by atoms with Gasteiger partial charge in [-0.2, -0.15) is 0 Å². The minimum absolute atomic E-state index is 0.443. The molecule has 0 saturated carbocycles. The van der Waals surface area contributed by atoms with Crippen LogP contribution >= 0.6 is 0 Å². The highest BCUT2D eigenvalue weighted by atomic mass is 16.3. The first-order chi connectivity index (χ1) is 7.66. The van der Waals surface area contributed by atoms with Gasteiger partial charge in [0.15, 0.2) is 0 Å². The SMILES string of the molecule is Cc1cc(CC2CCCNC2)cc(O)c1C. The molecule has 0 spiro atoms.